The van der Waals surface area contributed by atoms with E-state index in [1.807, 2.05) is 75.7 Å². The number of ketones is 1. The van der Waals surface area contributed by atoms with Crippen molar-refractivity contribution in [3.05, 3.63) is 88.8 Å². The zero-order valence-electron chi connectivity index (χ0n) is 33.5. The van der Waals surface area contributed by atoms with E-state index in [2.05, 4.69) is 42.8 Å². The molecule has 2 aromatic carbocycles. The lowest BCUT2D eigenvalue weighted by atomic mass is 9.78. The maximum Gasteiger partial charge on any atom is 0.254 e. The number of aliphatic hydroxyl groups excluding tert-OH is 1. The smallest absolute Gasteiger partial charge is 0.254 e. The van der Waals surface area contributed by atoms with Gasteiger partial charge < -0.3 is 30.1 Å². The Morgan fingerprint density at radius 3 is 2.55 bits per heavy atom. The number of phenolic OH excluding ortho intramolecular Hbond substituents is 1. The van der Waals surface area contributed by atoms with Gasteiger partial charge in [-0.2, -0.15) is 0 Å². The Balaban J connectivity index is 0.828. The summed E-state index contributed by atoms with van der Waals surface area (Å²) in [5.41, 5.74) is 7.11. The number of aromatic nitrogens is 4. The Kier molecular flexibility index (Phi) is 11.1. The Bertz CT molecular complexity index is 2270. The van der Waals surface area contributed by atoms with Crippen LogP contribution >= 0.6 is 11.3 Å². The van der Waals surface area contributed by atoms with Gasteiger partial charge in [-0.1, -0.05) is 50.2 Å². The van der Waals surface area contributed by atoms with Crippen LogP contribution in [0.15, 0.2) is 70.7 Å². The second-order valence-corrected chi connectivity index (χ2v) is 17.6. The van der Waals surface area contributed by atoms with E-state index in [4.69, 9.17) is 9.26 Å². The number of carbonyl (C=O) groups is 2. The highest BCUT2D eigenvalue weighted by molar-refractivity contribution is 7.13. The van der Waals surface area contributed by atoms with Gasteiger partial charge in [0.25, 0.3) is 5.88 Å². The first-order valence-corrected chi connectivity index (χ1v) is 21.0. The van der Waals surface area contributed by atoms with E-state index in [9.17, 15) is 19.8 Å². The maximum atomic E-state index is 14.2. The van der Waals surface area contributed by atoms with Gasteiger partial charge in [-0.25, -0.2) is 4.98 Å². The third-order valence-electron chi connectivity index (χ3n) is 12.3. The number of nitrogens with zero attached hydrogens (tertiary/aromatic N) is 5. The Morgan fingerprint density at radius 2 is 1.83 bits per heavy atom. The average Bonchev–Trinajstić information content (AvgIpc) is 3.98. The number of para-hydroxylation sites is 1. The molecule has 1 amide bonds. The molecule has 0 radical (unpaired) electrons. The third-order valence-corrected chi connectivity index (χ3v) is 13.3. The number of hydrogen-bond donors (Lipinski definition) is 4. The number of thiazole rings is 1. The molecule has 4 N–H and O–H groups in total. The molecule has 304 valence electrons. The molecule has 3 aliphatic rings. The van der Waals surface area contributed by atoms with Crippen molar-refractivity contribution in [2.75, 3.05) is 31.6 Å². The second-order valence-electron chi connectivity index (χ2n) is 16.8. The van der Waals surface area contributed by atoms with Crippen LogP contribution in [-0.4, -0.2) is 85.0 Å². The van der Waals surface area contributed by atoms with E-state index in [-0.39, 0.29) is 47.8 Å². The molecule has 58 heavy (non-hydrogen) atoms. The van der Waals surface area contributed by atoms with Crippen LogP contribution < -0.4 is 15.4 Å². The number of ether oxygens (including phenoxy) is 1. The molecule has 8 rings (SSSR count). The number of amides is 1. The molecular weight excluding hydrogens is 755 g/mol. The highest BCUT2D eigenvalue weighted by atomic mass is 32.1. The van der Waals surface area contributed by atoms with Crippen LogP contribution in [0.4, 0.5) is 5.82 Å². The minimum absolute atomic E-state index is 0.130. The number of carbonyl (C=O) groups excluding carboxylic acids is 2. The number of likely N-dealkylation sites (tertiary alicyclic amines) is 1. The number of anilines is 1. The largest absolute Gasteiger partial charge is 0.507 e. The first-order valence-electron chi connectivity index (χ1n) is 20.1. The molecule has 2 unspecified atom stereocenters. The third kappa shape index (κ3) is 7.97. The van der Waals surface area contributed by atoms with E-state index >= 15 is 0 Å². The predicted octanol–water partition coefficient (Wildman–Crippen LogP) is 6.58. The van der Waals surface area contributed by atoms with Gasteiger partial charge in [-0.3, -0.25) is 14.5 Å². The molecule has 14 heteroatoms. The first-order chi connectivity index (χ1) is 27.9. The van der Waals surface area contributed by atoms with Crippen molar-refractivity contribution >= 4 is 28.8 Å². The van der Waals surface area contributed by atoms with Crippen LogP contribution in [0.1, 0.15) is 75.1 Å². The molecule has 5 aromatic rings. The van der Waals surface area contributed by atoms with Crippen molar-refractivity contribution in [3.63, 3.8) is 0 Å². The summed E-state index contributed by atoms with van der Waals surface area (Å²) < 4.78 is 11.7. The number of aromatic hydroxyl groups is 1. The van der Waals surface area contributed by atoms with Gasteiger partial charge in [-0.15, -0.1) is 21.5 Å². The minimum Gasteiger partial charge on any atom is -0.507 e. The fourth-order valence-electron chi connectivity index (χ4n) is 8.92. The van der Waals surface area contributed by atoms with Gasteiger partial charge in [-0.05, 0) is 80.4 Å². The van der Waals surface area contributed by atoms with E-state index < -0.39 is 23.9 Å². The van der Waals surface area contributed by atoms with E-state index in [0.717, 1.165) is 52.6 Å². The number of benzene rings is 2. The monoisotopic (exact) mass is 805 g/mol. The molecule has 3 aromatic heterocycles. The van der Waals surface area contributed by atoms with Crippen LogP contribution in [0, 0.1) is 30.6 Å². The van der Waals surface area contributed by atoms with E-state index in [1.165, 1.54) is 0 Å². The van der Waals surface area contributed by atoms with Crippen molar-refractivity contribution in [3.8, 4) is 33.3 Å². The summed E-state index contributed by atoms with van der Waals surface area (Å²) in [6, 6.07) is 18.7. The second kappa shape index (κ2) is 16.2. The molecule has 2 fully saturated rings. The molecule has 6 atom stereocenters. The number of Topliss-reactive ketones (excluding diaryl/α,β-unsaturated/α-hetero) is 1. The number of phenols is 1. The SMILES string of the molecule is Cc1ncsc1-c1ccc([C@H](C)NC(=O)[C@@H]2C[C@@H](O)CC2C(=O)[C@@H](c2cc(OCCN3CC(C4(C)Cc5cc(-c6ccccc6O)nnc5N4)C3)no2)C(C)C)cc1. The fraction of sp³-hybridized carbons (Fsp3) is 0.455. The molecule has 13 nitrogen and oxygen atoms in total. The molecular formula is C44H51N7O6S. The number of nitrogens with one attached hydrogen (secondary N) is 2. The summed E-state index contributed by atoms with van der Waals surface area (Å²) in [7, 11) is 0. The summed E-state index contributed by atoms with van der Waals surface area (Å²) >= 11 is 1.60. The summed E-state index contributed by atoms with van der Waals surface area (Å²) in [5, 5.41) is 40.7. The van der Waals surface area contributed by atoms with Gasteiger partial charge >= 0.3 is 0 Å². The van der Waals surface area contributed by atoms with E-state index in [0.29, 0.717) is 42.0 Å². The van der Waals surface area contributed by atoms with Crippen molar-refractivity contribution in [2.24, 2.45) is 23.7 Å². The number of fused-ring (bicyclic) bond motifs is 1. The van der Waals surface area contributed by atoms with Crippen LogP contribution in [0.2, 0.25) is 0 Å². The normalized spacial score (nSPS) is 22.9. The first kappa shape index (κ1) is 39.6. The van der Waals surface area contributed by atoms with Crippen LogP contribution in [-0.2, 0) is 16.0 Å². The zero-order chi connectivity index (χ0) is 40.7. The van der Waals surface area contributed by atoms with Crippen LogP contribution in [0.25, 0.3) is 21.7 Å². The number of aliphatic hydroxyl groups is 1. The molecule has 0 bridgehead atoms. The average molecular weight is 806 g/mol. The van der Waals surface area contributed by atoms with Crippen LogP contribution in [0.3, 0.4) is 0 Å². The number of rotatable bonds is 14. The summed E-state index contributed by atoms with van der Waals surface area (Å²) in [4.78, 5) is 35.7. The number of hydrogen-bond acceptors (Lipinski definition) is 13. The minimum atomic E-state index is -0.747. The lowest BCUT2D eigenvalue weighted by molar-refractivity contribution is -0.134. The van der Waals surface area contributed by atoms with E-state index in [1.54, 1.807) is 29.5 Å². The van der Waals surface area contributed by atoms with Gasteiger partial charge in [0.2, 0.25) is 5.91 Å². The standard InChI is InChI=1S/C44H51N7O6S/c1-24(2)39(40(54)33-17-31(52)18-34(33)43(55)46-25(3)27-10-12-28(13-11-27)41-26(4)45-23-58-41)37-19-38(50-57-37)56-15-14-51-21-30(22-51)44(5)20-29-16-35(48-49-42(29)47-44)32-8-6-7-9-36(32)53/h6-13,16,19,23-25,30-31,33-34,39,52-53H,14-15,17-18,20-22H2,1-5H3,(H,46,55)(H,47,49)/t25-,31-,33?,34+,39+,44?/m0/s1. The van der Waals surface area contributed by atoms with Gasteiger partial charge in [0.15, 0.2) is 11.6 Å². The van der Waals surface area contributed by atoms with Crippen molar-refractivity contribution in [2.45, 2.75) is 77.5 Å². The predicted molar refractivity (Wildman–Crippen MR) is 220 cm³/mol. The lowest BCUT2D eigenvalue weighted by Gasteiger charge is -2.47. The quantitative estimate of drug-likeness (QED) is 0.0951. The Hall–Kier alpha value is -5.18. The highest BCUT2D eigenvalue weighted by Crippen LogP contribution is 2.42. The van der Waals surface area contributed by atoms with Gasteiger partial charge in [0.05, 0.1) is 45.8 Å². The Morgan fingerprint density at radius 1 is 1.07 bits per heavy atom. The molecule has 5 heterocycles. The van der Waals surface area contributed by atoms with Crippen molar-refractivity contribution in [1.82, 2.24) is 30.6 Å². The Labute approximate surface area is 342 Å². The number of aryl methyl sites for hydroxylation is 1. The highest BCUT2D eigenvalue weighted by Gasteiger charge is 2.47. The molecule has 0 spiro atoms. The zero-order valence-corrected chi connectivity index (χ0v) is 34.3. The van der Waals surface area contributed by atoms with Crippen LogP contribution in [0.5, 0.6) is 11.6 Å². The molecule has 1 saturated carbocycles. The van der Waals surface area contributed by atoms with Crippen molar-refractivity contribution < 1.29 is 29.1 Å². The molecule has 1 saturated heterocycles. The topological polar surface area (TPSA) is 176 Å². The van der Waals surface area contributed by atoms with Crippen molar-refractivity contribution in [1.29, 1.82) is 0 Å². The van der Waals surface area contributed by atoms with Gasteiger partial charge in [0.1, 0.15) is 18.1 Å². The lowest BCUT2D eigenvalue weighted by Crippen LogP contribution is -2.59. The molecule has 2 aliphatic heterocycles. The fourth-order valence-corrected chi connectivity index (χ4v) is 9.73. The van der Waals surface area contributed by atoms with Gasteiger partial charge in [0, 0.05) is 54.2 Å². The summed E-state index contributed by atoms with van der Waals surface area (Å²) in [5.74, 6) is -0.364. The summed E-state index contributed by atoms with van der Waals surface area (Å²) in [6.45, 7) is 12.9. The molecule has 1 aliphatic carbocycles. The summed E-state index contributed by atoms with van der Waals surface area (Å²) in [6.07, 6.45) is 0.517. The maximum absolute atomic E-state index is 14.2.